The van der Waals surface area contributed by atoms with Crippen molar-refractivity contribution < 1.29 is 9.13 Å². The summed E-state index contributed by atoms with van der Waals surface area (Å²) in [6.45, 7) is 3.76. The van der Waals surface area contributed by atoms with Crippen LogP contribution in [0.25, 0.3) is 11.0 Å². The van der Waals surface area contributed by atoms with Gasteiger partial charge in [0, 0.05) is 19.7 Å². The van der Waals surface area contributed by atoms with Crippen molar-refractivity contribution in [3.05, 3.63) is 29.8 Å². The third-order valence-corrected chi connectivity index (χ3v) is 3.85. The first-order valence-corrected chi connectivity index (χ1v) is 6.58. The average Bonchev–Trinajstić information content (AvgIpc) is 2.73. The summed E-state index contributed by atoms with van der Waals surface area (Å²) in [4.78, 5) is 4.46. The lowest BCUT2D eigenvalue weighted by atomic mass is 10.0. The lowest BCUT2D eigenvalue weighted by Crippen LogP contribution is -2.43. The molecule has 2 atom stereocenters. The molecular weight excluding hydrogens is 316 g/mol. The largest absolute Gasteiger partial charge is 0.378 e. The Morgan fingerprint density at radius 1 is 1.38 bits per heavy atom. The van der Waals surface area contributed by atoms with E-state index in [0.717, 1.165) is 30.9 Å². The number of imidazole rings is 1. The van der Waals surface area contributed by atoms with E-state index in [4.69, 9.17) is 4.74 Å². The number of nitrogens with zero attached hydrogens (tertiary/aromatic N) is 2. The van der Waals surface area contributed by atoms with Crippen LogP contribution in [-0.4, -0.2) is 35.9 Å². The van der Waals surface area contributed by atoms with E-state index in [1.807, 2.05) is 6.92 Å². The Kier molecular flexibility index (Phi) is 6.41. The molecule has 0 amide bonds. The van der Waals surface area contributed by atoms with Gasteiger partial charge in [-0.3, -0.25) is 0 Å². The van der Waals surface area contributed by atoms with Gasteiger partial charge in [0.15, 0.2) is 0 Å². The molecule has 1 aliphatic heterocycles. The van der Waals surface area contributed by atoms with Crippen molar-refractivity contribution in [2.24, 2.45) is 0 Å². The Labute approximate surface area is 135 Å². The highest BCUT2D eigenvalue weighted by Gasteiger charge is 2.28. The molecule has 0 aliphatic carbocycles. The number of hydrogen-bond acceptors (Lipinski definition) is 3. The number of hydrogen-bond donors (Lipinski definition) is 1. The molecule has 0 saturated carbocycles. The van der Waals surface area contributed by atoms with Gasteiger partial charge in [-0.15, -0.1) is 24.8 Å². The van der Waals surface area contributed by atoms with Gasteiger partial charge < -0.3 is 14.6 Å². The van der Waals surface area contributed by atoms with E-state index in [2.05, 4.69) is 14.9 Å². The third-order valence-electron chi connectivity index (χ3n) is 3.85. The van der Waals surface area contributed by atoms with Gasteiger partial charge >= 0.3 is 0 Å². The monoisotopic (exact) mass is 335 g/mol. The van der Waals surface area contributed by atoms with Gasteiger partial charge in [0.05, 0.1) is 23.2 Å². The Hall–Kier alpha value is -0.880. The summed E-state index contributed by atoms with van der Waals surface area (Å²) >= 11 is 0. The summed E-state index contributed by atoms with van der Waals surface area (Å²) in [7, 11) is 1.73. The van der Waals surface area contributed by atoms with Crippen LogP contribution in [-0.2, 0) is 4.74 Å². The number of ether oxygens (including phenoxy) is 1. The minimum absolute atomic E-state index is 0. The van der Waals surface area contributed by atoms with Crippen molar-refractivity contribution >= 4 is 35.8 Å². The SMILES string of the molecule is COC1CNCCC1n1c(C)nc2cc(F)ccc21.Cl.Cl. The zero-order valence-electron chi connectivity index (χ0n) is 12.0. The van der Waals surface area contributed by atoms with Gasteiger partial charge in [-0.2, -0.15) is 0 Å². The lowest BCUT2D eigenvalue weighted by molar-refractivity contribution is 0.0398. The second-order valence-corrected chi connectivity index (χ2v) is 5.00. The number of aromatic nitrogens is 2. The minimum atomic E-state index is -0.245. The molecule has 0 radical (unpaired) electrons. The molecular formula is C14H20Cl2FN3O. The van der Waals surface area contributed by atoms with Crippen molar-refractivity contribution in [1.82, 2.24) is 14.9 Å². The molecule has 1 aromatic heterocycles. The molecule has 0 spiro atoms. The summed E-state index contributed by atoms with van der Waals surface area (Å²) in [5, 5.41) is 3.34. The van der Waals surface area contributed by atoms with Crippen molar-refractivity contribution in [2.45, 2.75) is 25.5 Å². The van der Waals surface area contributed by atoms with Crippen molar-refractivity contribution in [1.29, 1.82) is 0 Å². The fourth-order valence-corrected chi connectivity index (χ4v) is 2.96. The number of halogens is 3. The van der Waals surface area contributed by atoms with E-state index < -0.39 is 0 Å². The van der Waals surface area contributed by atoms with Crippen LogP contribution in [0.4, 0.5) is 4.39 Å². The maximum atomic E-state index is 13.3. The molecule has 4 nitrogen and oxygen atoms in total. The molecule has 1 aliphatic rings. The van der Waals surface area contributed by atoms with Gasteiger partial charge in [-0.1, -0.05) is 0 Å². The maximum Gasteiger partial charge on any atom is 0.125 e. The van der Waals surface area contributed by atoms with Crippen LogP contribution in [0.2, 0.25) is 0 Å². The standard InChI is InChI=1S/C14H18FN3O.2ClH/c1-9-17-11-7-10(15)3-4-12(11)18(9)13-5-6-16-8-14(13)19-2;;/h3-4,7,13-14,16H,5-6,8H2,1-2H3;2*1H. The zero-order valence-corrected chi connectivity index (χ0v) is 13.6. The lowest BCUT2D eigenvalue weighted by Gasteiger charge is -2.33. The predicted octanol–water partition coefficient (Wildman–Crippen LogP) is 2.88. The summed E-state index contributed by atoms with van der Waals surface area (Å²) in [6.07, 6.45) is 1.11. The van der Waals surface area contributed by atoms with E-state index in [1.54, 1.807) is 13.2 Å². The van der Waals surface area contributed by atoms with Crippen LogP contribution in [0, 0.1) is 12.7 Å². The molecule has 1 fully saturated rings. The molecule has 1 saturated heterocycles. The highest BCUT2D eigenvalue weighted by Crippen LogP contribution is 2.28. The van der Waals surface area contributed by atoms with Crippen molar-refractivity contribution in [2.75, 3.05) is 20.2 Å². The molecule has 3 rings (SSSR count). The highest BCUT2D eigenvalue weighted by atomic mass is 35.5. The second kappa shape index (κ2) is 7.40. The molecule has 0 bridgehead atoms. The molecule has 1 aromatic carbocycles. The van der Waals surface area contributed by atoms with Gasteiger partial charge in [0.1, 0.15) is 11.6 Å². The second-order valence-electron chi connectivity index (χ2n) is 5.00. The molecule has 7 heteroatoms. The smallest absolute Gasteiger partial charge is 0.125 e. The summed E-state index contributed by atoms with van der Waals surface area (Å²) < 4.78 is 21.0. The molecule has 2 aromatic rings. The first kappa shape index (κ1) is 18.2. The first-order chi connectivity index (χ1) is 9.20. The van der Waals surface area contributed by atoms with Crippen LogP contribution < -0.4 is 5.32 Å². The van der Waals surface area contributed by atoms with Crippen LogP contribution in [0.3, 0.4) is 0 Å². The molecule has 118 valence electrons. The number of nitrogens with one attached hydrogen (secondary N) is 1. The van der Waals surface area contributed by atoms with Crippen LogP contribution in [0.15, 0.2) is 18.2 Å². The van der Waals surface area contributed by atoms with Gasteiger partial charge in [0.2, 0.25) is 0 Å². The Morgan fingerprint density at radius 2 is 2.14 bits per heavy atom. The van der Waals surface area contributed by atoms with Crippen LogP contribution >= 0.6 is 24.8 Å². The zero-order chi connectivity index (χ0) is 13.4. The van der Waals surface area contributed by atoms with Crippen molar-refractivity contribution in [3.8, 4) is 0 Å². The summed E-state index contributed by atoms with van der Waals surface area (Å²) in [6, 6.07) is 5.03. The number of rotatable bonds is 2. The normalized spacial score (nSPS) is 21.7. The third kappa shape index (κ3) is 3.31. The predicted molar refractivity (Wildman–Crippen MR) is 86.2 cm³/mol. The van der Waals surface area contributed by atoms with Crippen molar-refractivity contribution in [3.63, 3.8) is 0 Å². The van der Waals surface area contributed by atoms with Crippen LogP contribution in [0.1, 0.15) is 18.3 Å². The van der Waals surface area contributed by atoms with Crippen LogP contribution in [0.5, 0.6) is 0 Å². The quantitative estimate of drug-likeness (QED) is 0.917. The maximum absolute atomic E-state index is 13.3. The summed E-state index contributed by atoms with van der Waals surface area (Å²) in [5.41, 5.74) is 1.69. The van der Waals surface area contributed by atoms with Gasteiger partial charge in [0.25, 0.3) is 0 Å². The topological polar surface area (TPSA) is 39.1 Å². The number of benzene rings is 1. The molecule has 2 heterocycles. The molecule has 1 N–H and O–H groups in total. The van der Waals surface area contributed by atoms with E-state index in [-0.39, 0.29) is 42.8 Å². The highest BCUT2D eigenvalue weighted by molar-refractivity contribution is 5.85. The number of piperidine rings is 1. The van der Waals surface area contributed by atoms with E-state index in [9.17, 15) is 4.39 Å². The summed E-state index contributed by atoms with van der Waals surface area (Å²) in [5.74, 6) is 0.667. The first-order valence-electron chi connectivity index (χ1n) is 6.58. The Morgan fingerprint density at radius 3 is 2.86 bits per heavy atom. The number of aryl methyl sites for hydroxylation is 1. The van der Waals surface area contributed by atoms with E-state index in [0.29, 0.717) is 5.52 Å². The van der Waals surface area contributed by atoms with Gasteiger partial charge in [-0.05, 0) is 32.0 Å². The Balaban J connectivity index is 0.00000110. The van der Waals surface area contributed by atoms with E-state index in [1.165, 1.54) is 12.1 Å². The average molecular weight is 336 g/mol. The molecule has 2 unspecified atom stereocenters. The number of fused-ring (bicyclic) bond motifs is 1. The minimum Gasteiger partial charge on any atom is -0.378 e. The van der Waals surface area contributed by atoms with E-state index >= 15 is 0 Å². The molecule has 21 heavy (non-hydrogen) atoms. The fourth-order valence-electron chi connectivity index (χ4n) is 2.96. The van der Waals surface area contributed by atoms with Gasteiger partial charge in [-0.25, -0.2) is 9.37 Å². The Bertz CT molecular complexity index is 605. The fraction of sp³-hybridized carbons (Fsp3) is 0.500. The number of methoxy groups -OCH3 is 1.